The van der Waals surface area contributed by atoms with Gasteiger partial charge in [-0.15, -0.1) is 0 Å². The van der Waals surface area contributed by atoms with Crippen molar-refractivity contribution in [2.45, 2.75) is 109 Å². The Morgan fingerprint density at radius 1 is 0.909 bits per heavy atom. The van der Waals surface area contributed by atoms with E-state index < -0.39 is 6.04 Å². The molecule has 0 amide bonds. The number of esters is 1. The maximum Gasteiger partial charge on any atom is 0.323 e. The van der Waals surface area contributed by atoms with E-state index in [-0.39, 0.29) is 5.97 Å². The van der Waals surface area contributed by atoms with Crippen LogP contribution in [-0.4, -0.2) is 23.6 Å². The van der Waals surface area contributed by atoms with E-state index in [4.69, 9.17) is 10.5 Å². The summed E-state index contributed by atoms with van der Waals surface area (Å²) in [7, 11) is 0. The molecule has 184 valence electrons. The Bertz CT molecular complexity index is 796. The Hall–Kier alpha value is -2.07. The first-order chi connectivity index (χ1) is 16.2. The van der Waals surface area contributed by atoms with Crippen LogP contribution in [0.25, 0.3) is 10.9 Å². The van der Waals surface area contributed by atoms with Crippen molar-refractivity contribution < 1.29 is 9.53 Å². The van der Waals surface area contributed by atoms with Crippen LogP contribution in [0.3, 0.4) is 0 Å². The zero-order valence-corrected chi connectivity index (χ0v) is 20.8. The molecule has 1 unspecified atom stereocenters. The van der Waals surface area contributed by atoms with Gasteiger partial charge in [0, 0.05) is 23.5 Å². The number of aromatic nitrogens is 1. The van der Waals surface area contributed by atoms with Gasteiger partial charge in [0.15, 0.2) is 0 Å². The molecule has 1 heterocycles. The minimum absolute atomic E-state index is 0.298. The van der Waals surface area contributed by atoms with E-state index in [1.165, 1.54) is 77.0 Å². The standard InChI is InChI=1S/C29H46N2O2/c1-2-3-4-5-6-7-8-9-10-11-12-13-14-15-16-19-22-33-29(32)27(30)23-25-24-31-28-21-18-17-20-26(25)28/h9-10,17-18,20-21,24,27,31H,2-8,11-16,19,22-23,30H2,1H3/b10-9-. The maximum atomic E-state index is 12.2. The molecule has 1 aromatic carbocycles. The molecule has 0 aliphatic heterocycles. The van der Waals surface area contributed by atoms with Crippen LogP contribution < -0.4 is 5.73 Å². The monoisotopic (exact) mass is 454 g/mol. The van der Waals surface area contributed by atoms with E-state index in [2.05, 4.69) is 24.1 Å². The zero-order chi connectivity index (χ0) is 23.6. The van der Waals surface area contributed by atoms with Crippen molar-refractivity contribution in [2.75, 3.05) is 6.61 Å². The van der Waals surface area contributed by atoms with Crippen LogP contribution in [0, 0.1) is 0 Å². The molecule has 0 radical (unpaired) electrons. The molecule has 0 fully saturated rings. The van der Waals surface area contributed by atoms with Crippen LogP contribution in [0.15, 0.2) is 42.6 Å². The summed E-state index contributed by atoms with van der Waals surface area (Å²) in [5.41, 5.74) is 8.21. The van der Waals surface area contributed by atoms with Crippen molar-refractivity contribution in [3.63, 3.8) is 0 Å². The number of para-hydroxylation sites is 1. The fraction of sp³-hybridized carbons (Fsp3) is 0.621. The van der Waals surface area contributed by atoms with Crippen LogP contribution in [0.2, 0.25) is 0 Å². The van der Waals surface area contributed by atoms with E-state index in [0.717, 1.165) is 29.3 Å². The lowest BCUT2D eigenvalue weighted by atomic mass is 10.1. The van der Waals surface area contributed by atoms with Gasteiger partial charge in [-0.2, -0.15) is 0 Å². The SMILES string of the molecule is CCCCCCCC/C=C\CCCCCCCCOC(=O)C(N)Cc1c[nH]c2ccccc12. The molecule has 1 atom stereocenters. The normalized spacial score (nSPS) is 12.5. The molecule has 3 N–H and O–H groups in total. The van der Waals surface area contributed by atoms with Gasteiger partial charge in [-0.1, -0.05) is 95.1 Å². The van der Waals surface area contributed by atoms with Crippen LogP contribution >= 0.6 is 0 Å². The van der Waals surface area contributed by atoms with Gasteiger partial charge in [0.05, 0.1) is 6.61 Å². The molecule has 0 saturated heterocycles. The molecular weight excluding hydrogens is 408 g/mol. The Morgan fingerprint density at radius 3 is 2.21 bits per heavy atom. The molecule has 0 aliphatic rings. The van der Waals surface area contributed by atoms with Gasteiger partial charge in [-0.25, -0.2) is 0 Å². The summed E-state index contributed by atoms with van der Waals surface area (Å²) in [5, 5.41) is 1.12. The highest BCUT2D eigenvalue weighted by molar-refractivity contribution is 5.84. The minimum Gasteiger partial charge on any atom is -0.465 e. The zero-order valence-electron chi connectivity index (χ0n) is 20.8. The molecule has 4 heteroatoms. The maximum absolute atomic E-state index is 12.2. The molecule has 1 aromatic heterocycles. The predicted molar refractivity (Wildman–Crippen MR) is 140 cm³/mol. The number of allylic oxidation sites excluding steroid dienone is 2. The van der Waals surface area contributed by atoms with Crippen LogP contribution in [0.4, 0.5) is 0 Å². The fourth-order valence-corrected chi connectivity index (χ4v) is 4.25. The summed E-state index contributed by atoms with van der Waals surface area (Å²) >= 11 is 0. The summed E-state index contributed by atoms with van der Waals surface area (Å²) < 4.78 is 5.40. The molecule has 4 nitrogen and oxygen atoms in total. The summed E-state index contributed by atoms with van der Waals surface area (Å²) in [6.45, 7) is 2.74. The number of hydrogen-bond acceptors (Lipinski definition) is 3. The van der Waals surface area contributed by atoms with Gasteiger partial charge < -0.3 is 15.5 Å². The number of hydrogen-bond donors (Lipinski definition) is 2. The van der Waals surface area contributed by atoms with E-state index >= 15 is 0 Å². The van der Waals surface area contributed by atoms with Crippen molar-refractivity contribution in [1.29, 1.82) is 0 Å². The third-order valence-electron chi connectivity index (χ3n) is 6.32. The predicted octanol–water partition coefficient (Wildman–Crippen LogP) is 7.62. The lowest BCUT2D eigenvalue weighted by molar-refractivity contribution is -0.145. The molecule has 2 aromatic rings. The van der Waals surface area contributed by atoms with E-state index in [1.54, 1.807) is 0 Å². The van der Waals surface area contributed by atoms with Gasteiger partial charge in [0.1, 0.15) is 6.04 Å². The number of nitrogens with one attached hydrogen (secondary N) is 1. The summed E-state index contributed by atoms with van der Waals surface area (Å²) in [4.78, 5) is 15.4. The number of rotatable bonds is 19. The second-order valence-electron chi connectivity index (χ2n) is 9.28. The number of unbranched alkanes of at least 4 members (excludes halogenated alkanes) is 12. The topological polar surface area (TPSA) is 68.1 Å². The van der Waals surface area contributed by atoms with Gasteiger partial charge in [0.2, 0.25) is 0 Å². The molecule has 2 rings (SSSR count). The molecular formula is C29H46N2O2. The van der Waals surface area contributed by atoms with Crippen molar-refractivity contribution in [2.24, 2.45) is 5.73 Å². The molecule has 0 bridgehead atoms. The Kier molecular flexibility index (Phi) is 14.3. The Labute approximate surface area is 201 Å². The third kappa shape index (κ3) is 11.6. The Morgan fingerprint density at radius 2 is 1.52 bits per heavy atom. The second kappa shape index (κ2) is 17.4. The van der Waals surface area contributed by atoms with Crippen molar-refractivity contribution >= 4 is 16.9 Å². The number of fused-ring (bicyclic) bond motifs is 1. The first-order valence-electron chi connectivity index (χ1n) is 13.3. The van der Waals surface area contributed by atoms with Crippen LogP contribution in [0.5, 0.6) is 0 Å². The minimum atomic E-state index is -0.613. The van der Waals surface area contributed by atoms with E-state index in [0.29, 0.717) is 13.0 Å². The van der Waals surface area contributed by atoms with Crippen molar-refractivity contribution in [3.05, 3.63) is 48.2 Å². The second-order valence-corrected chi connectivity index (χ2v) is 9.28. The average Bonchev–Trinajstić information content (AvgIpc) is 3.23. The number of H-pyrrole nitrogens is 1. The number of nitrogens with two attached hydrogens (primary N) is 1. The van der Waals surface area contributed by atoms with Gasteiger partial charge in [0.25, 0.3) is 0 Å². The lowest BCUT2D eigenvalue weighted by Crippen LogP contribution is -2.34. The number of ether oxygens (including phenoxy) is 1. The van der Waals surface area contributed by atoms with E-state index in [1.807, 2.05) is 30.5 Å². The first-order valence-corrected chi connectivity index (χ1v) is 13.3. The molecule has 0 spiro atoms. The molecule has 33 heavy (non-hydrogen) atoms. The van der Waals surface area contributed by atoms with Crippen molar-refractivity contribution in [1.82, 2.24) is 4.98 Å². The summed E-state index contributed by atoms with van der Waals surface area (Å²) in [6.07, 6.45) is 25.0. The highest BCUT2D eigenvalue weighted by Crippen LogP contribution is 2.19. The smallest absolute Gasteiger partial charge is 0.323 e. The average molecular weight is 455 g/mol. The molecule has 0 aliphatic carbocycles. The van der Waals surface area contributed by atoms with Crippen LogP contribution in [0.1, 0.15) is 102 Å². The number of carbonyl (C=O) groups excluding carboxylic acids is 1. The third-order valence-corrected chi connectivity index (χ3v) is 6.32. The summed E-state index contributed by atoms with van der Waals surface area (Å²) in [6, 6.07) is 7.45. The van der Waals surface area contributed by atoms with Crippen molar-refractivity contribution in [3.8, 4) is 0 Å². The number of aromatic amines is 1. The Balaban J connectivity index is 1.40. The molecule has 0 saturated carbocycles. The lowest BCUT2D eigenvalue weighted by Gasteiger charge is -2.11. The van der Waals surface area contributed by atoms with Gasteiger partial charge in [-0.05, 0) is 43.7 Å². The fourth-order valence-electron chi connectivity index (χ4n) is 4.25. The highest BCUT2D eigenvalue weighted by Gasteiger charge is 2.17. The largest absolute Gasteiger partial charge is 0.465 e. The summed E-state index contributed by atoms with van der Waals surface area (Å²) in [5.74, 6) is -0.298. The highest BCUT2D eigenvalue weighted by atomic mass is 16.5. The number of benzene rings is 1. The van der Waals surface area contributed by atoms with Crippen LogP contribution in [-0.2, 0) is 16.0 Å². The van der Waals surface area contributed by atoms with Gasteiger partial charge >= 0.3 is 5.97 Å². The number of carbonyl (C=O) groups is 1. The first kappa shape index (κ1) is 27.2. The quantitative estimate of drug-likeness (QED) is 0.130. The van der Waals surface area contributed by atoms with E-state index in [9.17, 15) is 4.79 Å². The van der Waals surface area contributed by atoms with Gasteiger partial charge in [-0.3, -0.25) is 4.79 Å².